The highest BCUT2D eigenvalue weighted by molar-refractivity contribution is 6.02. The molecule has 0 spiro atoms. The molecular formula is C13H11FN2O2. The van der Waals surface area contributed by atoms with Crippen molar-refractivity contribution in [3.8, 4) is 0 Å². The molecule has 0 saturated heterocycles. The number of rotatable bonds is 0. The van der Waals surface area contributed by atoms with Gasteiger partial charge < -0.3 is 4.74 Å². The summed E-state index contributed by atoms with van der Waals surface area (Å²) in [6.07, 6.45) is 2.02. The Hall–Kier alpha value is -2.17. The molecule has 2 aromatic rings. The minimum absolute atomic E-state index is 0.339. The Labute approximate surface area is 103 Å². The lowest BCUT2D eigenvalue weighted by Gasteiger charge is -2.17. The van der Waals surface area contributed by atoms with Crippen LogP contribution in [0.1, 0.15) is 5.56 Å². The van der Waals surface area contributed by atoms with Crippen LogP contribution in [0.25, 0.3) is 10.9 Å². The molecule has 5 heteroatoms. The van der Waals surface area contributed by atoms with Gasteiger partial charge in [0.15, 0.2) is 0 Å². The molecule has 18 heavy (non-hydrogen) atoms. The summed E-state index contributed by atoms with van der Waals surface area (Å²) in [6.45, 7) is 0.541. The van der Waals surface area contributed by atoms with Gasteiger partial charge in [-0.25, -0.2) is 9.18 Å². The molecule has 0 aliphatic carbocycles. The summed E-state index contributed by atoms with van der Waals surface area (Å²) < 4.78 is 18.1. The van der Waals surface area contributed by atoms with Gasteiger partial charge in [-0.2, -0.15) is 0 Å². The number of ether oxygens (including phenoxy) is 1. The minimum atomic E-state index is -0.425. The van der Waals surface area contributed by atoms with Crippen molar-refractivity contribution in [2.24, 2.45) is 0 Å². The largest absolute Gasteiger partial charge is 0.452 e. The second-order valence-electron chi connectivity index (χ2n) is 4.17. The summed E-state index contributed by atoms with van der Waals surface area (Å²) in [7, 11) is 1.34. The zero-order valence-electron chi connectivity index (χ0n) is 9.81. The van der Waals surface area contributed by atoms with Crippen molar-refractivity contribution in [2.45, 2.75) is 6.42 Å². The molecule has 4 nitrogen and oxygen atoms in total. The van der Waals surface area contributed by atoms with Crippen molar-refractivity contribution in [3.63, 3.8) is 0 Å². The number of fused-ring (bicyclic) bond motifs is 3. The van der Waals surface area contributed by atoms with Gasteiger partial charge in [0.25, 0.3) is 0 Å². The number of aromatic nitrogens is 1. The number of anilines is 1. The van der Waals surface area contributed by atoms with Gasteiger partial charge in [0.2, 0.25) is 0 Å². The summed E-state index contributed by atoms with van der Waals surface area (Å²) in [4.78, 5) is 17.5. The lowest BCUT2D eigenvalue weighted by molar-refractivity contribution is 0.179. The van der Waals surface area contributed by atoms with E-state index >= 15 is 0 Å². The molecule has 1 aliphatic rings. The van der Waals surface area contributed by atoms with Gasteiger partial charge in [-0.1, -0.05) is 0 Å². The van der Waals surface area contributed by atoms with Crippen LogP contribution in [-0.4, -0.2) is 24.7 Å². The fourth-order valence-corrected chi connectivity index (χ4v) is 2.33. The van der Waals surface area contributed by atoms with Crippen molar-refractivity contribution in [3.05, 3.63) is 35.8 Å². The van der Waals surface area contributed by atoms with E-state index in [2.05, 4.69) is 4.98 Å². The molecule has 1 aliphatic heterocycles. The predicted octanol–water partition coefficient (Wildman–Crippen LogP) is 2.50. The first-order chi connectivity index (χ1) is 8.70. The summed E-state index contributed by atoms with van der Waals surface area (Å²) in [6, 6.07) is 4.38. The Balaban J connectivity index is 2.26. The third-order valence-electron chi connectivity index (χ3n) is 3.15. The molecule has 3 rings (SSSR count). The summed E-state index contributed by atoms with van der Waals surface area (Å²) in [5.74, 6) is -0.339. The van der Waals surface area contributed by atoms with E-state index in [0.29, 0.717) is 29.6 Å². The Morgan fingerprint density at radius 3 is 3.11 bits per heavy atom. The van der Waals surface area contributed by atoms with Gasteiger partial charge in [0.1, 0.15) is 5.82 Å². The molecule has 0 bridgehead atoms. The molecule has 0 fully saturated rings. The highest BCUT2D eigenvalue weighted by Crippen LogP contribution is 2.35. The molecule has 1 aromatic carbocycles. The van der Waals surface area contributed by atoms with E-state index in [1.807, 2.05) is 0 Å². The summed E-state index contributed by atoms with van der Waals surface area (Å²) >= 11 is 0. The maximum atomic E-state index is 13.4. The average molecular weight is 246 g/mol. The lowest BCUT2D eigenvalue weighted by atomic mass is 10.1. The van der Waals surface area contributed by atoms with Crippen LogP contribution in [-0.2, 0) is 11.2 Å². The first-order valence-corrected chi connectivity index (χ1v) is 5.63. The monoisotopic (exact) mass is 246 g/mol. The molecule has 0 atom stereocenters. The number of methoxy groups -OCH3 is 1. The Kier molecular flexibility index (Phi) is 2.40. The average Bonchev–Trinajstić information content (AvgIpc) is 2.82. The van der Waals surface area contributed by atoms with Gasteiger partial charge >= 0.3 is 6.09 Å². The molecular weight excluding hydrogens is 235 g/mol. The zero-order valence-corrected chi connectivity index (χ0v) is 9.81. The van der Waals surface area contributed by atoms with Crippen molar-refractivity contribution in [1.82, 2.24) is 4.98 Å². The Morgan fingerprint density at radius 1 is 1.50 bits per heavy atom. The summed E-state index contributed by atoms with van der Waals surface area (Å²) in [5, 5.41) is 0.649. The van der Waals surface area contributed by atoms with Crippen LogP contribution >= 0.6 is 0 Å². The van der Waals surface area contributed by atoms with Gasteiger partial charge in [0, 0.05) is 18.1 Å². The maximum absolute atomic E-state index is 13.4. The van der Waals surface area contributed by atoms with Crippen LogP contribution in [0.4, 0.5) is 14.9 Å². The van der Waals surface area contributed by atoms with E-state index in [9.17, 15) is 9.18 Å². The van der Waals surface area contributed by atoms with E-state index < -0.39 is 6.09 Å². The smallest absolute Gasteiger partial charge is 0.414 e. The van der Waals surface area contributed by atoms with Crippen molar-refractivity contribution >= 4 is 22.7 Å². The number of amides is 1. The molecule has 0 radical (unpaired) electrons. The second kappa shape index (κ2) is 3.94. The molecule has 1 aromatic heterocycles. The number of carbonyl (C=O) groups excluding carboxylic acids is 1. The molecule has 1 amide bonds. The maximum Gasteiger partial charge on any atom is 0.414 e. The quantitative estimate of drug-likeness (QED) is 0.717. The fourth-order valence-electron chi connectivity index (χ4n) is 2.33. The Morgan fingerprint density at radius 2 is 2.33 bits per heavy atom. The topological polar surface area (TPSA) is 42.4 Å². The molecule has 0 N–H and O–H groups in total. The predicted molar refractivity (Wildman–Crippen MR) is 65.2 cm³/mol. The fraction of sp³-hybridized carbons (Fsp3) is 0.231. The number of benzene rings is 1. The first kappa shape index (κ1) is 11.0. The number of hydrogen-bond acceptors (Lipinski definition) is 3. The second-order valence-corrected chi connectivity index (χ2v) is 4.17. The number of halogens is 1. The third kappa shape index (κ3) is 1.51. The number of nitrogens with zero attached hydrogens (tertiary/aromatic N) is 2. The Bertz CT molecular complexity index is 642. The minimum Gasteiger partial charge on any atom is -0.452 e. The van der Waals surface area contributed by atoms with E-state index in [1.165, 1.54) is 24.1 Å². The highest BCUT2D eigenvalue weighted by Gasteiger charge is 2.27. The van der Waals surface area contributed by atoms with Gasteiger partial charge in [-0.3, -0.25) is 9.88 Å². The SMILES string of the molecule is COC(=O)N1CCc2cnc3ccc(F)cc3c21. The van der Waals surface area contributed by atoms with Gasteiger partial charge in [-0.05, 0) is 30.2 Å². The standard InChI is InChI=1S/C13H11FN2O2/c1-18-13(17)16-5-4-8-7-15-11-3-2-9(14)6-10(11)12(8)16/h2-3,6-7H,4-5H2,1H3. The molecule has 0 unspecified atom stereocenters. The molecule has 0 saturated carbocycles. The zero-order chi connectivity index (χ0) is 12.7. The summed E-state index contributed by atoms with van der Waals surface area (Å²) in [5.41, 5.74) is 2.33. The lowest BCUT2D eigenvalue weighted by Crippen LogP contribution is -2.28. The van der Waals surface area contributed by atoms with Crippen molar-refractivity contribution in [2.75, 3.05) is 18.6 Å². The highest BCUT2D eigenvalue weighted by atomic mass is 19.1. The van der Waals surface area contributed by atoms with Crippen molar-refractivity contribution < 1.29 is 13.9 Å². The molecule has 2 heterocycles. The van der Waals surface area contributed by atoms with E-state index in [-0.39, 0.29) is 5.82 Å². The van der Waals surface area contributed by atoms with E-state index in [1.54, 1.807) is 12.3 Å². The van der Waals surface area contributed by atoms with E-state index in [0.717, 1.165) is 5.56 Å². The third-order valence-corrected chi connectivity index (χ3v) is 3.15. The van der Waals surface area contributed by atoms with Crippen LogP contribution in [0.2, 0.25) is 0 Å². The van der Waals surface area contributed by atoms with Crippen molar-refractivity contribution in [1.29, 1.82) is 0 Å². The number of carbonyl (C=O) groups is 1. The first-order valence-electron chi connectivity index (χ1n) is 5.63. The van der Waals surface area contributed by atoms with Crippen LogP contribution in [0.15, 0.2) is 24.4 Å². The van der Waals surface area contributed by atoms with Gasteiger partial charge in [0.05, 0.1) is 18.3 Å². The van der Waals surface area contributed by atoms with E-state index in [4.69, 9.17) is 4.74 Å². The molecule has 92 valence electrons. The van der Waals surface area contributed by atoms with Crippen LogP contribution < -0.4 is 4.90 Å². The van der Waals surface area contributed by atoms with Crippen LogP contribution in [0.3, 0.4) is 0 Å². The van der Waals surface area contributed by atoms with Crippen LogP contribution in [0, 0.1) is 5.82 Å². The van der Waals surface area contributed by atoms with Gasteiger partial charge in [-0.15, -0.1) is 0 Å². The number of hydrogen-bond donors (Lipinski definition) is 0. The number of pyridine rings is 1. The normalized spacial score (nSPS) is 13.8. The van der Waals surface area contributed by atoms with Crippen LogP contribution in [0.5, 0.6) is 0 Å².